The van der Waals surface area contributed by atoms with Crippen LogP contribution in [0.25, 0.3) is 0 Å². The van der Waals surface area contributed by atoms with Crippen LogP contribution in [-0.2, 0) is 19.6 Å². The lowest BCUT2D eigenvalue weighted by Gasteiger charge is -2.07. The fraction of sp³-hybridized carbons (Fsp3) is 0.364. The van der Waals surface area contributed by atoms with E-state index < -0.39 is 32.4 Å². The molecule has 0 amide bonds. The van der Waals surface area contributed by atoms with Crippen molar-refractivity contribution in [3.05, 3.63) is 28.3 Å². The highest BCUT2D eigenvalue weighted by molar-refractivity contribution is 7.89. The van der Waals surface area contributed by atoms with Gasteiger partial charge < -0.3 is 9.84 Å². The maximum Gasteiger partial charge on any atom is 0.312 e. The van der Waals surface area contributed by atoms with Crippen LogP contribution in [0.1, 0.15) is 13.3 Å². The van der Waals surface area contributed by atoms with Gasteiger partial charge in [0.15, 0.2) is 5.75 Å². The number of carbonyl (C=O) groups excluding carboxylic acids is 1. The number of nitro groups is 1. The minimum absolute atomic E-state index is 0.159. The molecule has 10 heteroatoms. The molecular weight excluding hydrogens is 304 g/mol. The number of ether oxygens (including phenoxy) is 1. The monoisotopic (exact) mass is 318 g/mol. The summed E-state index contributed by atoms with van der Waals surface area (Å²) in [6, 6.07) is 2.68. The molecule has 0 bridgehead atoms. The van der Waals surface area contributed by atoms with Crippen LogP contribution in [0, 0.1) is 10.1 Å². The van der Waals surface area contributed by atoms with Crippen LogP contribution < -0.4 is 4.72 Å². The molecule has 0 atom stereocenters. The van der Waals surface area contributed by atoms with E-state index in [1.807, 2.05) is 0 Å². The molecule has 0 aliphatic rings. The van der Waals surface area contributed by atoms with Gasteiger partial charge in [-0.3, -0.25) is 14.9 Å². The Morgan fingerprint density at radius 2 is 2.14 bits per heavy atom. The number of aromatic hydroxyl groups is 1. The molecule has 0 saturated heterocycles. The third-order valence-corrected chi connectivity index (χ3v) is 3.84. The number of esters is 1. The second kappa shape index (κ2) is 6.99. The van der Waals surface area contributed by atoms with E-state index >= 15 is 0 Å². The first-order valence-electron chi connectivity index (χ1n) is 5.90. The fourth-order valence-electron chi connectivity index (χ4n) is 1.42. The highest BCUT2D eigenvalue weighted by Gasteiger charge is 2.21. The Labute approximate surface area is 120 Å². The van der Waals surface area contributed by atoms with Crippen LogP contribution in [0.4, 0.5) is 5.69 Å². The molecule has 0 aliphatic carbocycles. The number of nitro benzene ring substituents is 1. The van der Waals surface area contributed by atoms with Crippen molar-refractivity contribution in [2.45, 2.75) is 18.2 Å². The molecule has 0 unspecified atom stereocenters. The van der Waals surface area contributed by atoms with E-state index in [1.165, 1.54) is 0 Å². The van der Waals surface area contributed by atoms with Crippen molar-refractivity contribution in [2.75, 3.05) is 13.2 Å². The minimum atomic E-state index is -4.02. The van der Waals surface area contributed by atoms with E-state index in [4.69, 9.17) is 0 Å². The third-order valence-electron chi connectivity index (χ3n) is 2.38. The zero-order valence-corrected chi connectivity index (χ0v) is 11.9. The zero-order chi connectivity index (χ0) is 16.0. The summed E-state index contributed by atoms with van der Waals surface area (Å²) in [5.74, 6) is -1.19. The van der Waals surface area contributed by atoms with Gasteiger partial charge in [-0.25, -0.2) is 13.1 Å². The number of benzene rings is 1. The normalized spacial score (nSPS) is 11.1. The Hall–Kier alpha value is -2.20. The summed E-state index contributed by atoms with van der Waals surface area (Å²) in [5, 5.41) is 19.9. The maximum atomic E-state index is 11.9. The molecule has 0 spiro atoms. The molecule has 21 heavy (non-hydrogen) atoms. The molecule has 0 radical (unpaired) electrons. The molecule has 0 fully saturated rings. The van der Waals surface area contributed by atoms with Gasteiger partial charge >= 0.3 is 11.7 Å². The SMILES string of the molecule is CCOC(=O)CCNS(=O)(=O)c1ccc(O)c([N+](=O)[O-])c1. The summed E-state index contributed by atoms with van der Waals surface area (Å²) in [6.45, 7) is 1.61. The summed E-state index contributed by atoms with van der Waals surface area (Å²) in [4.78, 5) is 20.4. The van der Waals surface area contributed by atoms with E-state index in [2.05, 4.69) is 9.46 Å². The standard InChI is InChI=1S/C11H14N2O7S/c1-2-20-11(15)5-6-12-21(18,19)8-3-4-10(14)9(7-8)13(16)17/h3-4,7,12,14H,2,5-6H2,1H3. The predicted octanol–water partition coefficient (Wildman–Crippen LogP) is 0.532. The Balaban J connectivity index is 2.81. The lowest BCUT2D eigenvalue weighted by atomic mass is 10.3. The quantitative estimate of drug-likeness (QED) is 0.425. The average Bonchev–Trinajstić information content (AvgIpc) is 2.38. The first kappa shape index (κ1) is 16.9. The van der Waals surface area contributed by atoms with Crippen molar-refractivity contribution in [2.24, 2.45) is 0 Å². The van der Waals surface area contributed by atoms with Gasteiger partial charge in [-0.2, -0.15) is 0 Å². The molecule has 0 aromatic heterocycles. The van der Waals surface area contributed by atoms with Crippen molar-refractivity contribution in [1.82, 2.24) is 4.72 Å². The van der Waals surface area contributed by atoms with E-state index in [-0.39, 0.29) is 24.5 Å². The first-order chi connectivity index (χ1) is 9.77. The number of nitrogens with one attached hydrogen (secondary N) is 1. The van der Waals surface area contributed by atoms with Gasteiger partial charge in [0.2, 0.25) is 10.0 Å². The van der Waals surface area contributed by atoms with Crippen LogP contribution in [0.15, 0.2) is 23.1 Å². The molecule has 0 saturated carbocycles. The van der Waals surface area contributed by atoms with Crippen molar-refractivity contribution < 1.29 is 28.0 Å². The number of rotatable bonds is 7. The minimum Gasteiger partial charge on any atom is -0.502 e. The molecule has 0 aliphatic heterocycles. The molecule has 116 valence electrons. The van der Waals surface area contributed by atoms with E-state index in [0.717, 1.165) is 18.2 Å². The summed E-state index contributed by atoms with van der Waals surface area (Å²) in [6.07, 6.45) is -0.159. The highest BCUT2D eigenvalue weighted by atomic mass is 32.2. The van der Waals surface area contributed by atoms with Gasteiger partial charge in [-0.05, 0) is 19.1 Å². The van der Waals surface area contributed by atoms with Crippen LogP contribution in [0.2, 0.25) is 0 Å². The van der Waals surface area contributed by atoms with Crippen LogP contribution in [0.5, 0.6) is 5.75 Å². The zero-order valence-electron chi connectivity index (χ0n) is 11.1. The number of sulfonamides is 1. The van der Waals surface area contributed by atoms with Crippen molar-refractivity contribution in [3.63, 3.8) is 0 Å². The Morgan fingerprint density at radius 3 is 2.71 bits per heavy atom. The molecule has 9 nitrogen and oxygen atoms in total. The Bertz CT molecular complexity index is 642. The van der Waals surface area contributed by atoms with Crippen LogP contribution in [-0.4, -0.2) is 37.6 Å². The lowest BCUT2D eigenvalue weighted by Crippen LogP contribution is -2.26. The van der Waals surface area contributed by atoms with Crippen molar-refractivity contribution in [1.29, 1.82) is 0 Å². The van der Waals surface area contributed by atoms with E-state index in [1.54, 1.807) is 6.92 Å². The molecule has 1 aromatic rings. The second-order valence-electron chi connectivity index (χ2n) is 3.86. The summed E-state index contributed by atoms with van der Waals surface area (Å²) in [7, 11) is -4.02. The first-order valence-corrected chi connectivity index (χ1v) is 7.39. The van der Waals surface area contributed by atoms with Gasteiger partial charge in [0.05, 0.1) is 22.8 Å². The highest BCUT2D eigenvalue weighted by Crippen LogP contribution is 2.28. The summed E-state index contributed by atoms with van der Waals surface area (Å²) >= 11 is 0. The number of carbonyl (C=O) groups is 1. The predicted molar refractivity (Wildman–Crippen MR) is 71.2 cm³/mol. The Kier molecular flexibility index (Phi) is 5.61. The van der Waals surface area contributed by atoms with Crippen LogP contribution >= 0.6 is 0 Å². The lowest BCUT2D eigenvalue weighted by molar-refractivity contribution is -0.386. The van der Waals surface area contributed by atoms with Crippen LogP contribution in [0.3, 0.4) is 0 Å². The van der Waals surface area contributed by atoms with Gasteiger partial charge in [-0.1, -0.05) is 0 Å². The summed E-state index contributed by atoms with van der Waals surface area (Å²) in [5.41, 5.74) is -0.719. The Morgan fingerprint density at radius 1 is 1.48 bits per heavy atom. The number of nitrogens with zero attached hydrogens (tertiary/aromatic N) is 1. The fourth-order valence-corrected chi connectivity index (χ4v) is 2.47. The topological polar surface area (TPSA) is 136 Å². The van der Waals surface area contributed by atoms with E-state index in [9.17, 15) is 28.4 Å². The van der Waals surface area contributed by atoms with Crippen molar-refractivity contribution >= 4 is 21.7 Å². The molecule has 1 rings (SSSR count). The number of phenols is 1. The number of hydrogen-bond donors (Lipinski definition) is 2. The third kappa shape index (κ3) is 4.68. The number of hydrogen-bond acceptors (Lipinski definition) is 7. The van der Waals surface area contributed by atoms with Crippen molar-refractivity contribution in [3.8, 4) is 5.75 Å². The smallest absolute Gasteiger partial charge is 0.312 e. The second-order valence-corrected chi connectivity index (χ2v) is 5.63. The maximum absolute atomic E-state index is 11.9. The average molecular weight is 318 g/mol. The largest absolute Gasteiger partial charge is 0.502 e. The van der Waals surface area contributed by atoms with Gasteiger partial charge in [0, 0.05) is 12.6 Å². The summed E-state index contributed by atoms with van der Waals surface area (Å²) < 4.78 is 30.5. The molecule has 1 aromatic carbocycles. The molecule has 0 heterocycles. The molecule has 2 N–H and O–H groups in total. The van der Waals surface area contributed by atoms with Gasteiger partial charge in [-0.15, -0.1) is 0 Å². The van der Waals surface area contributed by atoms with Gasteiger partial charge in [0.25, 0.3) is 0 Å². The number of phenolic OH excluding ortho intramolecular Hbond substituents is 1. The molecular formula is C11H14N2O7S. The van der Waals surface area contributed by atoms with Gasteiger partial charge in [0.1, 0.15) is 0 Å². The van der Waals surface area contributed by atoms with E-state index in [0.29, 0.717) is 0 Å².